The van der Waals surface area contributed by atoms with Crippen LogP contribution < -0.4 is 14.5 Å². The molecular formula is C31H42N4O6. The molecule has 0 atom stereocenters. The summed E-state index contributed by atoms with van der Waals surface area (Å²) < 4.78 is 24.3. The molecule has 0 aliphatic carbocycles. The number of aromatic nitrogens is 2. The van der Waals surface area contributed by atoms with Gasteiger partial charge in [0, 0.05) is 47.7 Å². The van der Waals surface area contributed by atoms with Gasteiger partial charge in [-0.05, 0) is 73.6 Å². The molecule has 0 N–H and O–H groups in total. The van der Waals surface area contributed by atoms with Crippen LogP contribution in [0.2, 0.25) is 0 Å². The number of aryl methyl sites for hydroxylation is 1. The second kappa shape index (κ2) is 11.6. The molecule has 3 heterocycles. The van der Waals surface area contributed by atoms with Crippen LogP contribution in [0.25, 0.3) is 10.9 Å². The molecule has 10 heteroatoms. The summed E-state index contributed by atoms with van der Waals surface area (Å²) in [6, 6.07) is 5.75. The van der Waals surface area contributed by atoms with E-state index >= 15 is 0 Å². The van der Waals surface area contributed by atoms with Gasteiger partial charge in [0.2, 0.25) is 0 Å². The second-order valence-corrected chi connectivity index (χ2v) is 12.3. The maximum absolute atomic E-state index is 13.9. The van der Waals surface area contributed by atoms with E-state index in [0.29, 0.717) is 48.6 Å². The zero-order chi connectivity index (χ0) is 30.1. The molecule has 3 aromatic rings. The number of benzene rings is 1. The third-order valence-corrected chi connectivity index (χ3v) is 6.70. The fourth-order valence-electron chi connectivity index (χ4n) is 4.85. The van der Waals surface area contributed by atoms with Crippen LogP contribution in [0.5, 0.6) is 5.75 Å². The first-order chi connectivity index (χ1) is 19.2. The summed E-state index contributed by atoms with van der Waals surface area (Å²) in [5.41, 5.74) is 3.10. The molecule has 1 amide bonds. The molecule has 0 spiro atoms. The number of carbonyl (C=O) groups is 2. The monoisotopic (exact) mass is 566 g/mol. The Hall–Kier alpha value is -3.79. The summed E-state index contributed by atoms with van der Waals surface area (Å²) >= 11 is 0. The van der Waals surface area contributed by atoms with Gasteiger partial charge in [0.15, 0.2) is 0 Å². The van der Waals surface area contributed by atoms with Crippen molar-refractivity contribution in [2.24, 2.45) is 0 Å². The summed E-state index contributed by atoms with van der Waals surface area (Å²) in [5, 5.41) is 0.704. The average molecular weight is 567 g/mol. The van der Waals surface area contributed by atoms with Crippen molar-refractivity contribution in [3.05, 3.63) is 47.4 Å². The number of ether oxygens (including phenoxy) is 4. The molecule has 0 unspecified atom stereocenters. The lowest BCUT2D eigenvalue weighted by atomic mass is 10.1. The number of hydrogen-bond donors (Lipinski definition) is 0. The minimum atomic E-state index is -0.730. The number of nitrogens with zero attached hydrogens (tertiary/aromatic N) is 4. The molecule has 41 heavy (non-hydrogen) atoms. The van der Waals surface area contributed by atoms with Gasteiger partial charge in [-0.1, -0.05) is 0 Å². The van der Waals surface area contributed by atoms with E-state index in [1.807, 2.05) is 73.6 Å². The molecule has 2 aromatic heterocycles. The van der Waals surface area contributed by atoms with Crippen LogP contribution >= 0.6 is 0 Å². The number of amides is 1. The van der Waals surface area contributed by atoms with E-state index in [0.717, 1.165) is 22.6 Å². The molecule has 1 saturated heterocycles. The van der Waals surface area contributed by atoms with Gasteiger partial charge < -0.3 is 23.8 Å². The summed E-state index contributed by atoms with van der Waals surface area (Å²) in [5.74, 6) is 0.724. The number of methoxy groups -OCH3 is 1. The van der Waals surface area contributed by atoms with E-state index < -0.39 is 23.4 Å². The SMILES string of the molecule is COc1c(C)cnc(CN(C(=O)OC(C)(C)C)c2cc(N3CCOCC3)cc3c2ccn3C(=O)OC(C)(C)C)c1C. The number of fused-ring (bicyclic) bond motifs is 1. The first-order valence-corrected chi connectivity index (χ1v) is 13.9. The van der Waals surface area contributed by atoms with Crippen LogP contribution in [0.15, 0.2) is 30.6 Å². The molecule has 0 radical (unpaired) electrons. The Morgan fingerprint density at radius 2 is 1.68 bits per heavy atom. The lowest BCUT2D eigenvalue weighted by molar-refractivity contribution is 0.0541. The zero-order valence-electron chi connectivity index (χ0n) is 25.7. The summed E-state index contributed by atoms with van der Waals surface area (Å²) in [7, 11) is 1.62. The highest BCUT2D eigenvalue weighted by Gasteiger charge is 2.29. The standard InChI is InChI=1S/C31H42N4O6/c1-20-18-32-24(21(2)27(20)38-9)19-35(29(37)41-31(6,7)8)26-17-22(33-12-14-39-15-13-33)16-25-23(26)10-11-34(25)28(36)40-30(3,4)5/h10-11,16-18H,12-15,19H2,1-9H3. The molecule has 1 aliphatic rings. The fraction of sp³-hybridized carbons (Fsp3) is 0.516. The number of hydrogen-bond acceptors (Lipinski definition) is 8. The third kappa shape index (κ3) is 6.93. The largest absolute Gasteiger partial charge is 0.496 e. The van der Waals surface area contributed by atoms with E-state index in [-0.39, 0.29) is 6.54 Å². The molecular weight excluding hydrogens is 524 g/mol. The maximum Gasteiger partial charge on any atom is 0.418 e. The Kier molecular flexibility index (Phi) is 8.54. The van der Waals surface area contributed by atoms with E-state index in [1.54, 1.807) is 24.4 Å². The van der Waals surface area contributed by atoms with Crippen LogP contribution in [0, 0.1) is 13.8 Å². The lowest BCUT2D eigenvalue weighted by Gasteiger charge is -2.32. The lowest BCUT2D eigenvalue weighted by Crippen LogP contribution is -2.38. The molecule has 0 bridgehead atoms. The molecule has 1 fully saturated rings. The smallest absolute Gasteiger partial charge is 0.418 e. The molecule has 10 nitrogen and oxygen atoms in total. The van der Waals surface area contributed by atoms with Gasteiger partial charge in [0.25, 0.3) is 0 Å². The third-order valence-electron chi connectivity index (χ3n) is 6.70. The maximum atomic E-state index is 13.9. The Morgan fingerprint density at radius 1 is 1.02 bits per heavy atom. The van der Waals surface area contributed by atoms with Crippen molar-refractivity contribution < 1.29 is 28.5 Å². The van der Waals surface area contributed by atoms with Crippen LogP contribution in [0.1, 0.15) is 58.4 Å². The predicted molar refractivity (Wildman–Crippen MR) is 159 cm³/mol. The van der Waals surface area contributed by atoms with E-state index in [2.05, 4.69) is 9.88 Å². The first kappa shape index (κ1) is 30.2. The summed E-state index contributed by atoms with van der Waals surface area (Å²) in [6.45, 7) is 17.5. The highest BCUT2D eigenvalue weighted by molar-refractivity contribution is 6.05. The van der Waals surface area contributed by atoms with Gasteiger partial charge in [0.1, 0.15) is 17.0 Å². The van der Waals surface area contributed by atoms with Crippen molar-refractivity contribution >= 4 is 34.5 Å². The van der Waals surface area contributed by atoms with Gasteiger partial charge in [-0.15, -0.1) is 0 Å². The van der Waals surface area contributed by atoms with Crippen molar-refractivity contribution in [1.82, 2.24) is 9.55 Å². The zero-order valence-corrected chi connectivity index (χ0v) is 25.7. The van der Waals surface area contributed by atoms with Crippen LogP contribution in [0.4, 0.5) is 21.0 Å². The van der Waals surface area contributed by atoms with E-state index in [1.165, 1.54) is 4.57 Å². The van der Waals surface area contributed by atoms with Crippen molar-refractivity contribution in [2.45, 2.75) is 73.1 Å². The molecule has 4 rings (SSSR count). The Labute approximate surface area is 242 Å². The first-order valence-electron chi connectivity index (χ1n) is 13.9. The number of pyridine rings is 1. The van der Waals surface area contributed by atoms with Crippen molar-refractivity contribution in [3.63, 3.8) is 0 Å². The van der Waals surface area contributed by atoms with Gasteiger partial charge in [-0.2, -0.15) is 0 Å². The van der Waals surface area contributed by atoms with Gasteiger partial charge in [-0.3, -0.25) is 14.5 Å². The Balaban J connectivity index is 1.92. The van der Waals surface area contributed by atoms with Crippen LogP contribution in [-0.2, 0) is 20.8 Å². The highest BCUT2D eigenvalue weighted by Crippen LogP contribution is 2.37. The minimum absolute atomic E-state index is 0.136. The van der Waals surface area contributed by atoms with E-state index in [4.69, 9.17) is 18.9 Å². The fourth-order valence-corrected chi connectivity index (χ4v) is 4.85. The Bertz CT molecular complexity index is 1430. The number of rotatable bonds is 5. The Morgan fingerprint density at radius 3 is 2.29 bits per heavy atom. The van der Waals surface area contributed by atoms with Crippen molar-refractivity contribution in [1.29, 1.82) is 0 Å². The predicted octanol–water partition coefficient (Wildman–Crippen LogP) is 6.22. The van der Waals surface area contributed by atoms with Gasteiger partial charge >= 0.3 is 12.2 Å². The van der Waals surface area contributed by atoms with Gasteiger partial charge in [-0.25, -0.2) is 9.59 Å². The highest BCUT2D eigenvalue weighted by atomic mass is 16.6. The minimum Gasteiger partial charge on any atom is -0.496 e. The average Bonchev–Trinajstić information content (AvgIpc) is 3.31. The van der Waals surface area contributed by atoms with Crippen LogP contribution in [-0.4, -0.2) is 66.4 Å². The number of anilines is 2. The van der Waals surface area contributed by atoms with E-state index in [9.17, 15) is 9.59 Å². The molecule has 1 aliphatic heterocycles. The normalized spacial score (nSPS) is 14.2. The van der Waals surface area contributed by atoms with Crippen molar-refractivity contribution in [3.8, 4) is 5.75 Å². The van der Waals surface area contributed by atoms with Crippen LogP contribution in [0.3, 0.4) is 0 Å². The molecule has 222 valence electrons. The second-order valence-electron chi connectivity index (χ2n) is 12.3. The topological polar surface area (TPSA) is 95.4 Å². The van der Waals surface area contributed by atoms with Gasteiger partial charge in [0.05, 0.1) is 43.8 Å². The molecule has 0 saturated carbocycles. The van der Waals surface area contributed by atoms with Crippen molar-refractivity contribution in [2.75, 3.05) is 43.2 Å². The quantitative estimate of drug-likeness (QED) is 0.359. The molecule has 1 aromatic carbocycles. The number of carbonyl (C=O) groups excluding carboxylic acids is 2. The summed E-state index contributed by atoms with van der Waals surface area (Å²) in [6.07, 6.45) is 2.40. The number of morpholine rings is 1. The summed E-state index contributed by atoms with van der Waals surface area (Å²) in [4.78, 5) is 35.5.